The minimum atomic E-state index is -0.836. The molecule has 18 heavy (non-hydrogen) atoms. The van der Waals surface area contributed by atoms with Crippen LogP contribution in [0.2, 0.25) is 0 Å². The Morgan fingerprint density at radius 2 is 2.11 bits per heavy atom. The van der Waals surface area contributed by atoms with Gasteiger partial charge in [-0.1, -0.05) is 0 Å². The molecule has 2 fully saturated rings. The van der Waals surface area contributed by atoms with E-state index in [1.165, 1.54) is 4.90 Å². The quantitative estimate of drug-likeness (QED) is 0.715. The highest BCUT2D eigenvalue weighted by Gasteiger charge is 2.56. The third-order valence-corrected chi connectivity index (χ3v) is 3.60. The maximum Gasteiger partial charge on any atom is 0.410 e. The van der Waals surface area contributed by atoms with Crippen LogP contribution >= 0.6 is 0 Å². The molecule has 0 radical (unpaired) electrons. The molecule has 0 aliphatic carbocycles. The van der Waals surface area contributed by atoms with Crippen molar-refractivity contribution in [1.82, 2.24) is 10.2 Å². The van der Waals surface area contributed by atoms with Gasteiger partial charge in [-0.2, -0.15) is 0 Å². The summed E-state index contributed by atoms with van der Waals surface area (Å²) in [5.74, 6) is -0.855. The van der Waals surface area contributed by atoms with Crippen LogP contribution in [0, 0.1) is 11.3 Å². The number of carbonyl (C=O) groups is 2. The van der Waals surface area contributed by atoms with E-state index in [9.17, 15) is 14.7 Å². The Balaban J connectivity index is 2.08. The monoisotopic (exact) mass is 256 g/mol. The standard InChI is InChI=1S/C12H20N2O4/c1-11(2,3)18-10(17)14-5-8-4-13-6-12(8,7-14)9(15)16/h8,13H,4-7H2,1-3H3,(H,15,16)/t8-,12-/m1/s1. The van der Waals surface area contributed by atoms with Crippen LogP contribution in [-0.2, 0) is 9.53 Å². The molecule has 2 N–H and O–H groups in total. The Hall–Kier alpha value is -1.30. The summed E-state index contributed by atoms with van der Waals surface area (Å²) < 4.78 is 5.29. The van der Waals surface area contributed by atoms with Crippen LogP contribution in [-0.4, -0.2) is 53.8 Å². The first-order valence-electron chi connectivity index (χ1n) is 6.17. The molecule has 0 saturated carbocycles. The number of ether oxygens (including phenoxy) is 1. The number of hydrogen-bond acceptors (Lipinski definition) is 4. The summed E-state index contributed by atoms with van der Waals surface area (Å²) in [6.07, 6.45) is -0.419. The lowest BCUT2D eigenvalue weighted by atomic mass is 9.81. The first kappa shape index (κ1) is 13.1. The van der Waals surface area contributed by atoms with Crippen LogP contribution in [0.25, 0.3) is 0 Å². The van der Waals surface area contributed by atoms with Crippen molar-refractivity contribution in [1.29, 1.82) is 0 Å². The zero-order valence-corrected chi connectivity index (χ0v) is 11.0. The molecule has 0 aromatic rings. The first-order chi connectivity index (χ1) is 8.24. The van der Waals surface area contributed by atoms with Gasteiger partial charge >= 0.3 is 12.1 Å². The van der Waals surface area contributed by atoms with Gasteiger partial charge in [-0.05, 0) is 20.8 Å². The number of carbonyl (C=O) groups excluding carboxylic acids is 1. The summed E-state index contributed by atoms with van der Waals surface area (Å²) in [5, 5.41) is 12.5. The molecule has 0 aromatic carbocycles. The van der Waals surface area contributed by atoms with Gasteiger partial charge in [-0.3, -0.25) is 4.79 Å². The largest absolute Gasteiger partial charge is 0.481 e. The van der Waals surface area contributed by atoms with E-state index in [2.05, 4.69) is 5.32 Å². The molecule has 0 unspecified atom stereocenters. The van der Waals surface area contributed by atoms with Gasteiger partial charge in [0.25, 0.3) is 0 Å². The third-order valence-electron chi connectivity index (χ3n) is 3.60. The van der Waals surface area contributed by atoms with Crippen molar-refractivity contribution in [3.63, 3.8) is 0 Å². The fourth-order valence-electron chi connectivity index (χ4n) is 2.69. The number of hydrogen-bond donors (Lipinski definition) is 2. The number of likely N-dealkylation sites (tertiary alicyclic amines) is 1. The van der Waals surface area contributed by atoms with Crippen molar-refractivity contribution in [2.24, 2.45) is 11.3 Å². The zero-order valence-electron chi connectivity index (χ0n) is 11.0. The number of nitrogens with zero attached hydrogens (tertiary/aromatic N) is 1. The highest BCUT2D eigenvalue weighted by molar-refractivity contribution is 5.79. The number of amides is 1. The van der Waals surface area contributed by atoms with E-state index in [4.69, 9.17) is 4.74 Å². The maximum absolute atomic E-state index is 11.9. The average Bonchev–Trinajstić information content (AvgIpc) is 2.69. The maximum atomic E-state index is 11.9. The molecular formula is C12H20N2O4. The van der Waals surface area contributed by atoms with Crippen molar-refractivity contribution in [3.05, 3.63) is 0 Å². The molecule has 2 aliphatic rings. The van der Waals surface area contributed by atoms with Crippen molar-refractivity contribution in [2.45, 2.75) is 26.4 Å². The lowest BCUT2D eigenvalue weighted by Gasteiger charge is -2.26. The van der Waals surface area contributed by atoms with Crippen LogP contribution in [0.4, 0.5) is 4.79 Å². The summed E-state index contributed by atoms with van der Waals surface area (Å²) in [6, 6.07) is 0. The first-order valence-corrected chi connectivity index (χ1v) is 6.17. The van der Waals surface area contributed by atoms with Gasteiger partial charge in [-0.25, -0.2) is 4.79 Å². The predicted octanol–water partition coefficient (Wildman–Crippen LogP) is 0.527. The lowest BCUT2D eigenvalue weighted by molar-refractivity contribution is -0.148. The molecule has 2 atom stereocenters. The van der Waals surface area contributed by atoms with E-state index in [-0.39, 0.29) is 12.5 Å². The Labute approximate surface area is 106 Å². The van der Waals surface area contributed by atoms with Crippen molar-refractivity contribution >= 4 is 12.1 Å². The van der Waals surface area contributed by atoms with E-state index in [1.807, 2.05) is 0 Å². The Bertz CT molecular complexity index is 377. The highest BCUT2D eigenvalue weighted by atomic mass is 16.6. The van der Waals surface area contributed by atoms with Crippen molar-refractivity contribution in [2.75, 3.05) is 26.2 Å². The molecule has 102 valence electrons. The molecule has 2 rings (SSSR count). The van der Waals surface area contributed by atoms with E-state index in [0.717, 1.165) is 0 Å². The van der Waals surface area contributed by atoms with Gasteiger partial charge in [-0.15, -0.1) is 0 Å². The predicted molar refractivity (Wildman–Crippen MR) is 64.2 cm³/mol. The summed E-state index contributed by atoms with van der Waals surface area (Å²) in [4.78, 5) is 24.9. The Morgan fingerprint density at radius 3 is 2.61 bits per heavy atom. The van der Waals surface area contributed by atoms with E-state index >= 15 is 0 Å². The van der Waals surface area contributed by atoms with Gasteiger partial charge < -0.3 is 20.1 Å². The molecule has 2 heterocycles. The van der Waals surface area contributed by atoms with Gasteiger partial charge in [0.2, 0.25) is 0 Å². The van der Waals surface area contributed by atoms with E-state index in [1.54, 1.807) is 20.8 Å². The van der Waals surface area contributed by atoms with Crippen LogP contribution in [0.15, 0.2) is 0 Å². The molecule has 1 amide bonds. The number of aliphatic carboxylic acids is 1. The number of nitrogens with one attached hydrogen (secondary N) is 1. The lowest BCUT2D eigenvalue weighted by Crippen LogP contribution is -2.42. The van der Waals surface area contributed by atoms with Crippen LogP contribution in [0.5, 0.6) is 0 Å². The Kier molecular flexibility index (Phi) is 3.01. The van der Waals surface area contributed by atoms with Crippen LogP contribution in [0.1, 0.15) is 20.8 Å². The highest BCUT2D eigenvalue weighted by Crippen LogP contribution is 2.39. The van der Waals surface area contributed by atoms with E-state index < -0.39 is 23.1 Å². The number of carboxylic acid groups (broad SMARTS) is 1. The summed E-state index contributed by atoms with van der Waals surface area (Å²) in [7, 11) is 0. The number of fused-ring (bicyclic) bond motifs is 1. The van der Waals surface area contributed by atoms with Crippen molar-refractivity contribution in [3.8, 4) is 0 Å². The van der Waals surface area contributed by atoms with Gasteiger partial charge in [0.15, 0.2) is 0 Å². The van der Waals surface area contributed by atoms with E-state index in [0.29, 0.717) is 19.6 Å². The van der Waals surface area contributed by atoms with Crippen molar-refractivity contribution < 1.29 is 19.4 Å². The molecule has 2 saturated heterocycles. The smallest absolute Gasteiger partial charge is 0.410 e. The van der Waals surface area contributed by atoms with Gasteiger partial charge in [0, 0.05) is 32.1 Å². The number of rotatable bonds is 1. The second-order valence-electron chi connectivity index (χ2n) is 6.15. The second kappa shape index (κ2) is 4.12. The van der Waals surface area contributed by atoms with Gasteiger partial charge in [0.1, 0.15) is 11.0 Å². The molecule has 6 heteroatoms. The van der Waals surface area contributed by atoms with Gasteiger partial charge in [0.05, 0.1) is 0 Å². The normalized spacial score (nSPS) is 31.3. The minimum Gasteiger partial charge on any atom is -0.481 e. The molecule has 0 spiro atoms. The van der Waals surface area contributed by atoms with Crippen LogP contribution in [0.3, 0.4) is 0 Å². The third kappa shape index (κ3) is 2.16. The molecular weight excluding hydrogens is 236 g/mol. The minimum absolute atomic E-state index is 0.0254. The Morgan fingerprint density at radius 1 is 1.44 bits per heavy atom. The molecule has 6 nitrogen and oxygen atoms in total. The zero-order chi connectivity index (χ0) is 13.6. The average molecular weight is 256 g/mol. The SMILES string of the molecule is CC(C)(C)OC(=O)N1C[C@H]2CNC[C@@]2(C(=O)O)C1. The topological polar surface area (TPSA) is 78.9 Å². The number of carboxylic acids is 1. The summed E-state index contributed by atoms with van der Waals surface area (Å²) in [5.41, 5.74) is -1.39. The fourth-order valence-corrected chi connectivity index (χ4v) is 2.69. The second-order valence-corrected chi connectivity index (χ2v) is 6.15. The molecule has 2 aliphatic heterocycles. The molecule has 0 bridgehead atoms. The van der Waals surface area contributed by atoms with Crippen LogP contribution < -0.4 is 5.32 Å². The fraction of sp³-hybridized carbons (Fsp3) is 0.833. The summed E-state index contributed by atoms with van der Waals surface area (Å²) >= 11 is 0. The molecule has 0 aromatic heterocycles. The summed E-state index contributed by atoms with van der Waals surface area (Å²) in [6.45, 7) is 7.16.